The number of ether oxygens (including phenoxy) is 3. The van der Waals surface area contributed by atoms with Crippen molar-refractivity contribution in [1.82, 2.24) is 0 Å². The van der Waals surface area contributed by atoms with Crippen LogP contribution < -0.4 is 0 Å². The number of rotatable bonds is 53. The van der Waals surface area contributed by atoms with Crippen molar-refractivity contribution < 1.29 is 23.8 Å². The summed E-state index contributed by atoms with van der Waals surface area (Å²) in [5, 5.41) is 0. The summed E-state index contributed by atoms with van der Waals surface area (Å²) >= 11 is 0. The second-order valence-corrected chi connectivity index (χ2v) is 19.2. The second kappa shape index (κ2) is 55.4. The van der Waals surface area contributed by atoms with E-state index < -0.39 is 6.10 Å². The van der Waals surface area contributed by atoms with Gasteiger partial charge in [-0.3, -0.25) is 9.59 Å². The quantitative estimate of drug-likeness (QED) is 0.0346. The van der Waals surface area contributed by atoms with E-state index in [2.05, 4.69) is 57.2 Å². The predicted molar refractivity (Wildman–Crippen MR) is 279 cm³/mol. The summed E-state index contributed by atoms with van der Waals surface area (Å²) in [4.78, 5) is 25.5. The van der Waals surface area contributed by atoms with Gasteiger partial charge in [0.15, 0.2) is 6.10 Å². The summed E-state index contributed by atoms with van der Waals surface area (Å²) in [6, 6.07) is 0. The highest BCUT2D eigenvalue weighted by Gasteiger charge is 2.17. The molecule has 5 nitrogen and oxygen atoms in total. The SMILES string of the molecule is CCCCCCCC/C=C\C/C=C\C/C=C\CCCC(=O)OC[C@@H](COCCCCCCCCCCCCCCCCCC)OC(=O)CCCCCCCCCCCCCCCCC. The zero-order valence-corrected chi connectivity index (χ0v) is 43.3. The van der Waals surface area contributed by atoms with Gasteiger partial charge in [0, 0.05) is 19.4 Å². The normalized spacial score (nSPS) is 12.4. The minimum Gasteiger partial charge on any atom is -0.462 e. The molecule has 0 unspecified atom stereocenters. The molecule has 1 atom stereocenters. The fraction of sp³-hybridized carbons (Fsp3) is 0.864. The number of unbranched alkanes of at least 4 members (excludes halogenated alkanes) is 36. The van der Waals surface area contributed by atoms with Gasteiger partial charge < -0.3 is 14.2 Å². The maximum atomic E-state index is 12.8. The minimum absolute atomic E-state index is 0.0659. The molecule has 0 aromatic rings. The van der Waals surface area contributed by atoms with Crippen LogP contribution in [0.2, 0.25) is 0 Å². The third-order valence-electron chi connectivity index (χ3n) is 12.7. The fourth-order valence-electron chi connectivity index (χ4n) is 8.41. The van der Waals surface area contributed by atoms with Crippen LogP contribution in [-0.2, 0) is 23.8 Å². The average Bonchev–Trinajstić information content (AvgIpc) is 3.30. The first-order valence-corrected chi connectivity index (χ1v) is 28.5. The van der Waals surface area contributed by atoms with Gasteiger partial charge in [0.2, 0.25) is 0 Å². The van der Waals surface area contributed by atoms with Crippen LogP contribution >= 0.6 is 0 Å². The summed E-state index contributed by atoms with van der Waals surface area (Å²) in [5.74, 6) is -0.438. The van der Waals surface area contributed by atoms with Gasteiger partial charge in [-0.2, -0.15) is 0 Å². The largest absolute Gasteiger partial charge is 0.462 e. The highest BCUT2D eigenvalue weighted by atomic mass is 16.6. The van der Waals surface area contributed by atoms with Crippen LogP contribution in [0.4, 0.5) is 0 Å². The van der Waals surface area contributed by atoms with Crippen LogP contribution in [0, 0.1) is 0 Å². The van der Waals surface area contributed by atoms with Crippen molar-refractivity contribution >= 4 is 11.9 Å². The third-order valence-corrected chi connectivity index (χ3v) is 12.7. The maximum absolute atomic E-state index is 12.8. The van der Waals surface area contributed by atoms with Gasteiger partial charge in [-0.1, -0.05) is 276 Å². The molecule has 0 aromatic carbocycles. The van der Waals surface area contributed by atoms with Crippen molar-refractivity contribution in [2.45, 2.75) is 309 Å². The van der Waals surface area contributed by atoms with Gasteiger partial charge >= 0.3 is 11.9 Å². The molecule has 376 valence electrons. The smallest absolute Gasteiger partial charge is 0.306 e. The van der Waals surface area contributed by atoms with Crippen molar-refractivity contribution in [3.05, 3.63) is 36.5 Å². The van der Waals surface area contributed by atoms with Crippen molar-refractivity contribution in [2.24, 2.45) is 0 Å². The lowest BCUT2D eigenvalue weighted by molar-refractivity contribution is -0.163. The van der Waals surface area contributed by atoms with Crippen molar-refractivity contribution in [3.63, 3.8) is 0 Å². The summed E-state index contributed by atoms with van der Waals surface area (Å²) in [5.41, 5.74) is 0. The Morgan fingerprint density at radius 2 is 0.672 bits per heavy atom. The van der Waals surface area contributed by atoms with Gasteiger partial charge in [0.05, 0.1) is 6.61 Å². The van der Waals surface area contributed by atoms with Gasteiger partial charge in [-0.25, -0.2) is 0 Å². The first kappa shape index (κ1) is 62.1. The van der Waals surface area contributed by atoms with Crippen LogP contribution in [0.5, 0.6) is 0 Å². The number of hydrogen-bond donors (Lipinski definition) is 0. The van der Waals surface area contributed by atoms with E-state index in [-0.39, 0.29) is 25.2 Å². The lowest BCUT2D eigenvalue weighted by Gasteiger charge is -2.18. The van der Waals surface area contributed by atoms with E-state index in [4.69, 9.17) is 14.2 Å². The number of carbonyl (C=O) groups is 2. The van der Waals surface area contributed by atoms with Gasteiger partial charge in [-0.15, -0.1) is 0 Å². The maximum Gasteiger partial charge on any atom is 0.306 e. The van der Waals surface area contributed by atoms with E-state index in [1.807, 2.05) is 0 Å². The van der Waals surface area contributed by atoms with Crippen molar-refractivity contribution in [1.29, 1.82) is 0 Å². The molecule has 0 N–H and O–H groups in total. The number of carbonyl (C=O) groups excluding carboxylic acids is 2. The zero-order chi connectivity index (χ0) is 46.3. The number of allylic oxidation sites excluding steroid dienone is 6. The Kier molecular flexibility index (Phi) is 53.8. The van der Waals surface area contributed by atoms with Crippen LogP contribution in [0.15, 0.2) is 36.5 Å². The standard InChI is InChI=1S/C59H110O5/c1-4-7-10-13-16-19-22-25-28-30-32-34-37-40-43-46-49-52-58(60)63-56-57(55-62-54-51-48-45-42-39-36-33-29-26-23-20-17-14-11-8-5-2)64-59(61)53-50-47-44-41-38-35-31-27-24-21-18-15-12-9-6-3/h25,28,32,34,40,43,57H,4-24,26-27,29-31,33,35-39,41-42,44-56H2,1-3H3/b28-25-,34-32-,43-40-/t57-/m1/s1. The van der Waals surface area contributed by atoms with E-state index in [9.17, 15) is 9.59 Å². The first-order valence-electron chi connectivity index (χ1n) is 28.5. The Bertz CT molecular complexity index is 1020. The lowest BCUT2D eigenvalue weighted by Crippen LogP contribution is -2.30. The molecule has 0 aliphatic heterocycles. The molecule has 64 heavy (non-hydrogen) atoms. The molecule has 0 bridgehead atoms. The highest BCUT2D eigenvalue weighted by Crippen LogP contribution is 2.16. The topological polar surface area (TPSA) is 61.8 Å². The van der Waals surface area contributed by atoms with Crippen LogP contribution in [0.1, 0.15) is 303 Å². The van der Waals surface area contributed by atoms with E-state index >= 15 is 0 Å². The van der Waals surface area contributed by atoms with Gasteiger partial charge in [0.1, 0.15) is 6.61 Å². The van der Waals surface area contributed by atoms with Gasteiger partial charge in [-0.05, 0) is 51.4 Å². The third kappa shape index (κ3) is 52.7. The Balaban J connectivity index is 4.29. The fourth-order valence-corrected chi connectivity index (χ4v) is 8.41. The molecule has 0 amide bonds. The Morgan fingerprint density at radius 3 is 1.09 bits per heavy atom. The Morgan fingerprint density at radius 1 is 0.344 bits per heavy atom. The van der Waals surface area contributed by atoms with Crippen molar-refractivity contribution in [2.75, 3.05) is 19.8 Å². The first-order chi connectivity index (χ1) is 31.6. The van der Waals surface area contributed by atoms with E-state index in [1.165, 1.54) is 218 Å². The zero-order valence-electron chi connectivity index (χ0n) is 43.3. The molecule has 0 radical (unpaired) electrons. The lowest BCUT2D eigenvalue weighted by atomic mass is 10.0. The molecule has 0 heterocycles. The molecular formula is C59H110O5. The molecule has 0 aliphatic carbocycles. The van der Waals surface area contributed by atoms with E-state index in [0.717, 1.165) is 51.4 Å². The molecule has 0 rings (SSSR count). The van der Waals surface area contributed by atoms with Gasteiger partial charge in [0.25, 0.3) is 0 Å². The number of hydrogen-bond acceptors (Lipinski definition) is 5. The predicted octanol–water partition coefficient (Wildman–Crippen LogP) is 19.4. The highest BCUT2D eigenvalue weighted by molar-refractivity contribution is 5.70. The molecule has 0 saturated heterocycles. The molecule has 0 aliphatic rings. The molecule has 0 saturated carbocycles. The Hall–Kier alpha value is -1.88. The van der Waals surface area contributed by atoms with Crippen LogP contribution in [0.25, 0.3) is 0 Å². The second-order valence-electron chi connectivity index (χ2n) is 19.2. The van der Waals surface area contributed by atoms with Crippen LogP contribution in [0.3, 0.4) is 0 Å². The average molecular weight is 900 g/mol. The summed E-state index contributed by atoms with van der Waals surface area (Å²) < 4.78 is 17.4. The molecule has 0 fully saturated rings. The molecule has 5 heteroatoms. The van der Waals surface area contributed by atoms with E-state index in [0.29, 0.717) is 19.4 Å². The minimum atomic E-state index is -0.550. The summed E-state index contributed by atoms with van der Waals surface area (Å²) in [7, 11) is 0. The number of esters is 2. The molecule has 0 spiro atoms. The summed E-state index contributed by atoms with van der Waals surface area (Å²) in [6.07, 6.45) is 67.4. The van der Waals surface area contributed by atoms with Crippen LogP contribution in [-0.4, -0.2) is 37.9 Å². The summed E-state index contributed by atoms with van der Waals surface area (Å²) in [6.45, 7) is 7.83. The molecule has 0 aromatic heterocycles. The Labute approximate surface area is 400 Å². The molecular weight excluding hydrogens is 789 g/mol. The van der Waals surface area contributed by atoms with E-state index in [1.54, 1.807) is 0 Å². The van der Waals surface area contributed by atoms with Crippen molar-refractivity contribution in [3.8, 4) is 0 Å². The monoisotopic (exact) mass is 899 g/mol.